The Morgan fingerprint density at radius 1 is 0.354 bits per heavy atom. The zero-order valence-corrected chi connectivity index (χ0v) is 29.3. The van der Waals surface area contributed by atoms with Crippen molar-refractivity contribution >= 4 is 47.8 Å². The van der Waals surface area contributed by atoms with Crippen LogP contribution in [0.5, 0.6) is 0 Å². The molecule has 0 aliphatic rings. The van der Waals surface area contributed by atoms with Crippen LogP contribution in [0, 0.1) is 0 Å². The van der Waals surface area contributed by atoms with E-state index in [0.29, 0.717) is 0 Å². The highest BCUT2D eigenvalue weighted by Gasteiger charge is 2.44. The van der Waals surface area contributed by atoms with Crippen LogP contribution in [-0.4, -0.2) is 16.6 Å². The summed E-state index contributed by atoms with van der Waals surface area (Å²) in [6.45, 7) is 4.03. The molecule has 0 atom stereocenters. The van der Waals surface area contributed by atoms with Gasteiger partial charge in [-0.3, -0.25) is 11.0 Å². The molecule has 0 spiro atoms. The Balaban J connectivity index is 1.29. The lowest BCUT2D eigenvalue weighted by molar-refractivity contribution is 0.230. The molecular weight excluding hydrogens is 621 g/mol. The van der Waals surface area contributed by atoms with E-state index in [1.165, 1.54) is 0 Å². The number of hydrogen-bond donors (Lipinski definition) is 2. The third-order valence-corrected chi connectivity index (χ3v) is 16.1. The van der Waals surface area contributed by atoms with E-state index in [2.05, 4.69) is 157 Å². The molecule has 48 heavy (non-hydrogen) atoms. The lowest BCUT2D eigenvalue weighted by atomic mass is 10.3. The van der Waals surface area contributed by atoms with Crippen molar-refractivity contribution in [2.75, 3.05) is 0 Å². The second-order valence-electron chi connectivity index (χ2n) is 11.7. The molecule has 0 radical (unpaired) electrons. The highest BCUT2D eigenvalue weighted by molar-refractivity contribution is 7.07. The fourth-order valence-electron chi connectivity index (χ4n) is 6.02. The van der Waals surface area contributed by atoms with Gasteiger partial charge in [-0.2, -0.15) is 0 Å². The molecule has 0 aromatic heterocycles. The van der Waals surface area contributed by atoms with Crippen LogP contribution in [0.3, 0.4) is 0 Å². The van der Waals surface area contributed by atoms with E-state index in [0.717, 1.165) is 42.5 Å². The molecule has 0 heterocycles. The quantitative estimate of drug-likeness (QED) is 0.0777. The molecule has 6 aromatic carbocycles. The first kappa shape index (κ1) is 32.7. The van der Waals surface area contributed by atoms with Crippen molar-refractivity contribution in [2.45, 2.75) is 13.8 Å². The second kappa shape index (κ2) is 15.6. The molecule has 0 unspecified atom stereocenters. The summed E-state index contributed by atoms with van der Waals surface area (Å²) in [5.41, 5.74) is 8.42. The number of benzene rings is 6. The van der Waals surface area contributed by atoms with Crippen LogP contribution in [0.1, 0.15) is 13.8 Å². The van der Waals surface area contributed by atoms with Crippen LogP contribution in [0.4, 0.5) is 0 Å². The van der Waals surface area contributed by atoms with E-state index in [1.807, 2.05) is 62.4 Å². The molecule has 6 rings (SSSR count). The molecule has 238 valence electrons. The predicted octanol–water partition coefficient (Wildman–Crippen LogP) is 5.17. The number of nitrogens with one attached hydrogen (secondary N) is 2. The van der Waals surface area contributed by atoms with Crippen LogP contribution >= 0.6 is 0 Å². The highest BCUT2D eigenvalue weighted by Crippen LogP contribution is 2.12. The topological polar surface area (TPSA) is 42.5 Å². The van der Waals surface area contributed by atoms with Crippen molar-refractivity contribution in [1.29, 1.82) is 0 Å². The second-order valence-corrected chi connectivity index (χ2v) is 18.3. The predicted molar refractivity (Wildman–Crippen MR) is 204 cm³/mol. The van der Waals surface area contributed by atoms with E-state index in [4.69, 9.17) is 9.05 Å². The minimum atomic E-state index is -2.90. The molecule has 6 heteroatoms. The Morgan fingerprint density at radius 2 is 0.542 bits per heavy atom. The van der Waals surface area contributed by atoms with E-state index >= 15 is 0 Å². The van der Waals surface area contributed by atoms with Crippen molar-refractivity contribution in [3.63, 3.8) is 0 Å². The maximum atomic E-state index is 6.92. The Morgan fingerprint density at radius 3 is 0.729 bits per heavy atom. The Bertz CT molecular complexity index is 1580. The van der Waals surface area contributed by atoms with Gasteiger partial charge in [0.05, 0.1) is 0 Å². The Labute approximate surface area is 286 Å². The van der Waals surface area contributed by atoms with Gasteiger partial charge in [-0.1, -0.05) is 182 Å². The van der Waals surface area contributed by atoms with Crippen molar-refractivity contribution in [1.82, 2.24) is 11.0 Å². The molecule has 0 aliphatic carbocycles. The van der Waals surface area contributed by atoms with Crippen LogP contribution in [0.15, 0.2) is 206 Å². The van der Waals surface area contributed by atoms with Gasteiger partial charge in [-0.25, -0.2) is 0 Å². The summed E-state index contributed by atoms with van der Waals surface area (Å²) in [5, 5.41) is 6.96. The van der Waals surface area contributed by atoms with Crippen molar-refractivity contribution in [3.8, 4) is 0 Å². The number of rotatable bonds is 13. The molecule has 0 saturated heterocycles. The lowest BCUT2D eigenvalue weighted by Crippen LogP contribution is -2.70. The highest BCUT2D eigenvalue weighted by atomic mass is 28.4. The van der Waals surface area contributed by atoms with E-state index < -0.39 is 16.6 Å². The molecule has 4 nitrogen and oxygen atoms in total. The molecule has 0 saturated carbocycles. The van der Waals surface area contributed by atoms with E-state index in [9.17, 15) is 0 Å². The third kappa shape index (κ3) is 7.02. The summed E-state index contributed by atoms with van der Waals surface area (Å²) in [6.07, 6.45) is 4.03. The van der Waals surface area contributed by atoms with Crippen LogP contribution in [0.2, 0.25) is 0 Å². The first-order valence-corrected chi connectivity index (χ1v) is 20.0. The summed E-state index contributed by atoms with van der Waals surface area (Å²) in [7, 11) is -5.81. The molecular formula is C42H40N2O2Si2. The van der Waals surface area contributed by atoms with E-state index in [-0.39, 0.29) is 0 Å². The maximum absolute atomic E-state index is 6.92. The summed E-state index contributed by atoms with van der Waals surface area (Å²) in [4.78, 5) is 0. The minimum absolute atomic E-state index is 0.869. The third-order valence-electron chi connectivity index (χ3n) is 8.40. The summed E-state index contributed by atoms with van der Waals surface area (Å²) in [6, 6.07) is 63.2. The van der Waals surface area contributed by atoms with Gasteiger partial charge in [-0.05, 0) is 57.1 Å². The maximum Gasteiger partial charge on any atom is 0.321 e. The van der Waals surface area contributed by atoms with Crippen LogP contribution in [0.25, 0.3) is 0 Å². The van der Waals surface area contributed by atoms with Gasteiger partial charge >= 0.3 is 16.6 Å². The summed E-state index contributed by atoms with van der Waals surface area (Å²) < 4.78 is 13.8. The fraction of sp³-hybridized carbons (Fsp3) is 0.0476. The summed E-state index contributed by atoms with van der Waals surface area (Å²) in [5.74, 6) is 0. The van der Waals surface area contributed by atoms with Crippen molar-refractivity contribution in [2.24, 2.45) is 0 Å². The largest absolute Gasteiger partial charge is 0.321 e. The Kier molecular flexibility index (Phi) is 10.6. The van der Waals surface area contributed by atoms with Gasteiger partial charge in [0.1, 0.15) is 0 Å². The zero-order valence-electron chi connectivity index (χ0n) is 27.3. The van der Waals surface area contributed by atoms with Gasteiger partial charge in [0.15, 0.2) is 0 Å². The number of hydroxylamine groups is 2. The van der Waals surface area contributed by atoms with Gasteiger partial charge in [-0.15, -0.1) is 0 Å². The monoisotopic (exact) mass is 660 g/mol. The first-order chi connectivity index (χ1) is 23.6. The number of allylic oxidation sites excluding steroid dienone is 4. The smallest absolute Gasteiger partial charge is 0.305 e. The first-order valence-electron chi connectivity index (χ1n) is 16.2. The van der Waals surface area contributed by atoms with Crippen molar-refractivity contribution < 1.29 is 9.05 Å². The van der Waals surface area contributed by atoms with Gasteiger partial charge in [0, 0.05) is 11.4 Å². The molecule has 0 aliphatic heterocycles. The SMILES string of the molecule is CC(=CC=C(C)NO[Si](c1ccccc1)(c1ccccc1)c1ccccc1)NO[Si](c1ccccc1)(c1ccccc1)c1ccccc1. The lowest BCUT2D eigenvalue weighted by Gasteiger charge is -2.33. The van der Waals surface area contributed by atoms with Gasteiger partial charge in [0.25, 0.3) is 0 Å². The normalized spacial score (nSPS) is 12.4. The van der Waals surface area contributed by atoms with Gasteiger partial charge < -0.3 is 9.05 Å². The molecule has 6 aromatic rings. The molecule has 2 N–H and O–H groups in total. The average Bonchev–Trinajstić information content (AvgIpc) is 3.17. The fourth-order valence-corrected chi connectivity index (χ4v) is 13.3. The zero-order chi connectivity index (χ0) is 33.1. The van der Waals surface area contributed by atoms with Crippen LogP contribution < -0.4 is 42.1 Å². The minimum Gasteiger partial charge on any atom is -0.305 e. The van der Waals surface area contributed by atoms with Gasteiger partial charge in [0.2, 0.25) is 0 Å². The van der Waals surface area contributed by atoms with E-state index in [1.54, 1.807) is 0 Å². The van der Waals surface area contributed by atoms with Crippen LogP contribution in [-0.2, 0) is 9.05 Å². The summed E-state index contributed by atoms with van der Waals surface area (Å²) >= 11 is 0. The number of hydrogen-bond acceptors (Lipinski definition) is 4. The average molecular weight is 661 g/mol. The Hall–Kier alpha value is -5.25. The standard InChI is InChI=1S/C42H40N2O2Si2/c1-35(43-45-47(37-21-9-3-10-22-37,38-23-11-4-12-24-38)39-25-13-5-14-26-39)33-34-36(2)44-46-48(40-27-15-6-16-28-40,41-29-17-7-18-30-41)42-31-19-8-20-32-42/h3-34,43-44H,1-2H3. The molecule has 0 bridgehead atoms. The van der Waals surface area contributed by atoms with Crippen molar-refractivity contribution in [3.05, 3.63) is 206 Å². The molecule has 0 amide bonds. The molecule has 0 fully saturated rings.